The molecule has 136 valence electrons. The molecule has 0 radical (unpaired) electrons. The number of rotatable bonds is 4. The van der Waals surface area contributed by atoms with E-state index in [1.54, 1.807) is 42.5 Å². The molecule has 0 saturated carbocycles. The summed E-state index contributed by atoms with van der Waals surface area (Å²) in [7, 11) is 0. The van der Waals surface area contributed by atoms with Crippen LogP contribution in [0.1, 0.15) is 15.9 Å². The number of hydrogen-bond donors (Lipinski definition) is 2. The number of phenolic OH excluding ortho intramolecular Hbond substituents is 2. The van der Waals surface area contributed by atoms with Crippen LogP contribution in [-0.2, 0) is 0 Å². The van der Waals surface area contributed by atoms with Gasteiger partial charge >= 0.3 is 0 Å². The molecule has 0 aliphatic rings. The maximum absolute atomic E-state index is 13.1. The summed E-state index contributed by atoms with van der Waals surface area (Å²) < 4.78 is 0. The molecule has 0 unspecified atom stereocenters. The Bertz CT molecular complexity index is 1180. The minimum atomic E-state index is -0.374. The molecule has 0 heterocycles. The van der Waals surface area contributed by atoms with Crippen LogP contribution in [0.4, 0.5) is 0 Å². The van der Waals surface area contributed by atoms with E-state index in [2.05, 4.69) is 0 Å². The Morgan fingerprint density at radius 2 is 1.21 bits per heavy atom. The van der Waals surface area contributed by atoms with Crippen molar-refractivity contribution in [2.24, 2.45) is 0 Å². The standard InChI is InChI=1S/C25H18O3/c26-21(16-15-17-9-3-1-4-10-17)23-22(18-11-5-2-6-12-18)24(27)19-13-7-8-14-20(19)25(23)28/h1-16,27-28H. The molecular formula is C25H18O3. The van der Waals surface area contributed by atoms with E-state index in [1.807, 2.05) is 48.5 Å². The van der Waals surface area contributed by atoms with Crippen molar-refractivity contribution in [2.45, 2.75) is 0 Å². The zero-order chi connectivity index (χ0) is 19.5. The zero-order valence-corrected chi connectivity index (χ0v) is 15.0. The van der Waals surface area contributed by atoms with Crippen LogP contribution >= 0.6 is 0 Å². The third-order valence-electron chi connectivity index (χ3n) is 4.70. The SMILES string of the molecule is O=C(C=Cc1ccccc1)c1c(-c2ccccc2)c(O)c2ccccc2c1O. The summed E-state index contributed by atoms with van der Waals surface area (Å²) in [6.45, 7) is 0. The van der Waals surface area contributed by atoms with E-state index in [-0.39, 0.29) is 22.8 Å². The van der Waals surface area contributed by atoms with Crippen molar-refractivity contribution in [1.82, 2.24) is 0 Å². The molecule has 0 aliphatic carbocycles. The minimum Gasteiger partial charge on any atom is -0.507 e. The summed E-state index contributed by atoms with van der Waals surface area (Å²) in [5, 5.41) is 22.8. The molecule has 28 heavy (non-hydrogen) atoms. The van der Waals surface area contributed by atoms with E-state index in [0.717, 1.165) is 5.56 Å². The Labute approximate surface area is 162 Å². The first-order valence-electron chi connectivity index (χ1n) is 8.96. The Kier molecular flexibility index (Phi) is 4.65. The maximum Gasteiger partial charge on any atom is 0.190 e. The lowest BCUT2D eigenvalue weighted by molar-refractivity contribution is 0.104. The van der Waals surface area contributed by atoms with Gasteiger partial charge in [-0.1, -0.05) is 91.0 Å². The molecule has 4 aromatic rings. The fraction of sp³-hybridized carbons (Fsp3) is 0. The second-order valence-corrected chi connectivity index (χ2v) is 6.47. The fourth-order valence-electron chi connectivity index (χ4n) is 3.35. The summed E-state index contributed by atoms with van der Waals surface area (Å²) in [6.07, 6.45) is 3.12. The molecule has 0 aromatic heterocycles. The van der Waals surface area contributed by atoms with E-state index < -0.39 is 0 Å². The molecule has 2 N–H and O–H groups in total. The van der Waals surface area contributed by atoms with E-state index in [9.17, 15) is 15.0 Å². The summed E-state index contributed by atoms with van der Waals surface area (Å²) in [4.78, 5) is 13.1. The molecule has 0 spiro atoms. The van der Waals surface area contributed by atoms with Gasteiger partial charge < -0.3 is 10.2 Å². The first-order valence-corrected chi connectivity index (χ1v) is 8.96. The van der Waals surface area contributed by atoms with Gasteiger partial charge in [-0.05, 0) is 17.2 Å². The van der Waals surface area contributed by atoms with E-state index in [1.165, 1.54) is 6.08 Å². The van der Waals surface area contributed by atoms with E-state index >= 15 is 0 Å². The Morgan fingerprint density at radius 1 is 0.679 bits per heavy atom. The number of carbonyl (C=O) groups is 1. The average Bonchev–Trinajstić information content (AvgIpc) is 2.75. The molecule has 0 amide bonds. The first-order chi connectivity index (χ1) is 13.7. The van der Waals surface area contributed by atoms with Crippen LogP contribution in [0.5, 0.6) is 11.5 Å². The van der Waals surface area contributed by atoms with Crippen molar-refractivity contribution in [2.75, 3.05) is 0 Å². The van der Waals surface area contributed by atoms with Crippen LogP contribution in [0, 0.1) is 0 Å². The molecule has 0 bridgehead atoms. The molecule has 3 nitrogen and oxygen atoms in total. The average molecular weight is 366 g/mol. The Morgan fingerprint density at radius 3 is 1.86 bits per heavy atom. The minimum absolute atomic E-state index is 0.0175. The van der Waals surface area contributed by atoms with E-state index in [0.29, 0.717) is 21.9 Å². The summed E-state index contributed by atoms with van der Waals surface area (Å²) >= 11 is 0. The smallest absolute Gasteiger partial charge is 0.190 e. The normalized spacial score (nSPS) is 11.1. The van der Waals surface area contributed by atoms with Gasteiger partial charge in [0.25, 0.3) is 0 Å². The lowest BCUT2D eigenvalue weighted by Crippen LogP contribution is -2.00. The molecule has 0 atom stereocenters. The van der Waals surface area contributed by atoms with Gasteiger partial charge in [-0.2, -0.15) is 0 Å². The van der Waals surface area contributed by atoms with Crippen molar-refractivity contribution in [1.29, 1.82) is 0 Å². The number of aromatic hydroxyl groups is 2. The highest BCUT2D eigenvalue weighted by Crippen LogP contribution is 2.45. The van der Waals surface area contributed by atoms with Crippen LogP contribution < -0.4 is 0 Å². The number of phenols is 2. The molecule has 0 fully saturated rings. The van der Waals surface area contributed by atoms with Gasteiger partial charge in [-0.25, -0.2) is 0 Å². The molecular weight excluding hydrogens is 348 g/mol. The monoisotopic (exact) mass is 366 g/mol. The predicted octanol–water partition coefficient (Wildman–Crippen LogP) is 5.81. The van der Waals surface area contributed by atoms with Crippen molar-refractivity contribution in [3.63, 3.8) is 0 Å². The Balaban J connectivity index is 1.95. The lowest BCUT2D eigenvalue weighted by atomic mass is 9.90. The number of benzene rings is 4. The van der Waals surface area contributed by atoms with Crippen molar-refractivity contribution in [3.8, 4) is 22.6 Å². The molecule has 0 saturated heterocycles. The quantitative estimate of drug-likeness (QED) is 0.272. The molecule has 3 heteroatoms. The summed E-state index contributed by atoms with van der Waals surface area (Å²) in [5.41, 5.74) is 1.97. The highest BCUT2D eigenvalue weighted by atomic mass is 16.3. The second kappa shape index (κ2) is 7.41. The van der Waals surface area contributed by atoms with Gasteiger partial charge in [0.2, 0.25) is 0 Å². The van der Waals surface area contributed by atoms with Crippen LogP contribution in [-0.4, -0.2) is 16.0 Å². The highest BCUT2D eigenvalue weighted by molar-refractivity contribution is 6.18. The van der Waals surface area contributed by atoms with Gasteiger partial charge in [0.15, 0.2) is 5.78 Å². The molecule has 4 aromatic carbocycles. The molecule has 4 rings (SSSR count). The van der Waals surface area contributed by atoms with Crippen LogP contribution in [0.3, 0.4) is 0 Å². The lowest BCUT2D eigenvalue weighted by Gasteiger charge is -2.15. The highest BCUT2D eigenvalue weighted by Gasteiger charge is 2.23. The first kappa shape index (κ1) is 17.6. The third-order valence-corrected chi connectivity index (χ3v) is 4.70. The predicted molar refractivity (Wildman–Crippen MR) is 113 cm³/mol. The zero-order valence-electron chi connectivity index (χ0n) is 15.0. The number of fused-ring (bicyclic) bond motifs is 1. The van der Waals surface area contributed by atoms with Crippen molar-refractivity contribution in [3.05, 3.63) is 102 Å². The topological polar surface area (TPSA) is 57.5 Å². The van der Waals surface area contributed by atoms with Gasteiger partial charge in [0.05, 0.1) is 5.56 Å². The summed E-state index contributed by atoms with van der Waals surface area (Å²) in [5.74, 6) is -0.521. The number of hydrogen-bond acceptors (Lipinski definition) is 3. The summed E-state index contributed by atoms with van der Waals surface area (Å²) in [6, 6.07) is 25.5. The number of ketones is 1. The Hall–Kier alpha value is -3.85. The van der Waals surface area contributed by atoms with Crippen molar-refractivity contribution < 1.29 is 15.0 Å². The van der Waals surface area contributed by atoms with Crippen LogP contribution in [0.15, 0.2) is 91.0 Å². The number of allylic oxidation sites excluding steroid dienone is 1. The van der Waals surface area contributed by atoms with Gasteiger partial charge in [-0.3, -0.25) is 4.79 Å². The maximum atomic E-state index is 13.1. The molecule has 0 aliphatic heterocycles. The van der Waals surface area contributed by atoms with Gasteiger partial charge in [-0.15, -0.1) is 0 Å². The van der Waals surface area contributed by atoms with Crippen LogP contribution in [0.25, 0.3) is 28.0 Å². The van der Waals surface area contributed by atoms with Crippen molar-refractivity contribution >= 4 is 22.6 Å². The number of carbonyl (C=O) groups excluding carboxylic acids is 1. The largest absolute Gasteiger partial charge is 0.507 e. The second-order valence-electron chi connectivity index (χ2n) is 6.47. The van der Waals surface area contributed by atoms with Gasteiger partial charge in [0, 0.05) is 16.3 Å². The van der Waals surface area contributed by atoms with Crippen LogP contribution in [0.2, 0.25) is 0 Å². The van der Waals surface area contributed by atoms with E-state index in [4.69, 9.17) is 0 Å². The van der Waals surface area contributed by atoms with Gasteiger partial charge in [0.1, 0.15) is 11.5 Å². The fourth-order valence-corrected chi connectivity index (χ4v) is 3.35. The third kappa shape index (κ3) is 3.14.